The molecular weight excluding hydrogens is 346 g/mol. The minimum absolute atomic E-state index is 0.00589. The fraction of sp³-hybridized carbons (Fsp3) is 0.588. The first-order valence-corrected chi connectivity index (χ1v) is 10.8. The number of hydrogen-bond donors (Lipinski definition) is 2. The number of sulfonamides is 1. The van der Waals surface area contributed by atoms with E-state index in [0.29, 0.717) is 12.8 Å². The van der Waals surface area contributed by atoms with Crippen molar-refractivity contribution in [3.63, 3.8) is 0 Å². The highest BCUT2D eigenvalue weighted by Gasteiger charge is 2.50. The van der Waals surface area contributed by atoms with Crippen molar-refractivity contribution in [3.05, 3.63) is 35.4 Å². The Bertz CT molecular complexity index is 726. The molecular formula is C17H23NO4S2. The number of carbonyl (C=O) groups is 1. The van der Waals surface area contributed by atoms with E-state index in [9.17, 15) is 13.2 Å². The maximum atomic E-state index is 12.5. The highest BCUT2D eigenvalue weighted by molar-refractivity contribution is 8.00. The molecule has 1 unspecified atom stereocenters. The zero-order valence-corrected chi connectivity index (χ0v) is 15.3. The van der Waals surface area contributed by atoms with Crippen LogP contribution in [0.2, 0.25) is 0 Å². The molecule has 0 radical (unpaired) electrons. The van der Waals surface area contributed by atoms with Gasteiger partial charge in [0.1, 0.15) is 0 Å². The summed E-state index contributed by atoms with van der Waals surface area (Å²) in [5.74, 6) is -0.124. The van der Waals surface area contributed by atoms with Crippen molar-refractivity contribution in [2.45, 2.75) is 49.1 Å². The Labute approximate surface area is 147 Å². The minimum Gasteiger partial charge on any atom is -0.481 e. The molecule has 0 aromatic heterocycles. The van der Waals surface area contributed by atoms with Crippen molar-refractivity contribution in [3.8, 4) is 0 Å². The monoisotopic (exact) mass is 369 g/mol. The molecule has 0 amide bonds. The van der Waals surface area contributed by atoms with Crippen LogP contribution in [0.15, 0.2) is 24.3 Å². The largest absolute Gasteiger partial charge is 0.481 e. The van der Waals surface area contributed by atoms with Gasteiger partial charge in [0, 0.05) is 10.8 Å². The van der Waals surface area contributed by atoms with Crippen LogP contribution in [0.25, 0.3) is 0 Å². The molecule has 7 heteroatoms. The van der Waals surface area contributed by atoms with Crippen molar-refractivity contribution in [1.29, 1.82) is 0 Å². The molecule has 3 rings (SSSR count). The van der Waals surface area contributed by atoms with E-state index in [-0.39, 0.29) is 22.5 Å². The Hall–Kier alpha value is -1.05. The molecule has 0 bridgehead atoms. The van der Waals surface area contributed by atoms with Crippen LogP contribution in [0.4, 0.5) is 0 Å². The second kappa shape index (κ2) is 6.69. The molecule has 1 atom stereocenters. The summed E-state index contributed by atoms with van der Waals surface area (Å²) in [6, 6.07) is 7.42. The van der Waals surface area contributed by atoms with Gasteiger partial charge >= 0.3 is 5.97 Å². The van der Waals surface area contributed by atoms with Crippen LogP contribution >= 0.6 is 11.8 Å². The molecule has 2 N–H and O–H groups in total. The van der Waals surface area contributed by atoms with Gasteiger partial charge in [0.2, 0.25) is 10.0 Å². The molecule has 2 aliphatic rings. The zero-order chi connectivity index (χ0) is 17.4. The van der Waals surface area contributed by atoms with Crippen LogP contribution in [0, 0.1) is 12.8 Å². The van der Waals surface area contributed by atoms with Crippen LogP contribution in [-0.2, 0) is 20.6 Å². The van der Waals surface area contributed by atoms with Gasteiger partial charge in [0.25, 0.3) is 0 Å². The standard InChI is InChI=1S/C17H23NO4S2/c1-12-4-2-3-5-13(12)11-24(21,22)18-15-6-7-23-17(10-15)8-14(9-17)16(19)20/h2-5,14-15,18H,6-11H2,1H3,(H,19,20). The van der Waals surface area contributed by atoms with Gasteiger partial charge in [-0.25, -0.2) is 13.1 Å². The summed E-state index contributed by atoms with van der Waals surface area (Å²) < 4.78 is 27.8. The first-order chi connectivity index (χ1) is 11.3. The topological polar surface area (TPSA) is 83.5 Å². The smallest absolute Gasteiger partial charge is 0.306 e. The van der Waals surface area contributed by atoms with Crippen molar-refractivity contribution in [2.24, 2.45) is 5.92 Å². The lowest BCUT2D eigenvalue weighted by molar-refractivity contribution is -0.145. The fourth-order valence-electron chi connectivity index (χ4n) is 3.70. The SMILES string of the molecule is Cc1ccccc1CS(=O)(=O)NC1CCSC2(C1)CC(C(=O)O)C2. The molecule has 1 aromatic carbocycles. The molecule has 132 valence electrons. The molecule has 1 aliphatic heterocycles. The van der Waals surface area contributed by atoms with Crippen LogP contribution in [0.5, 0.6) is 0 Å². The van der Waals surface area contributed by atoms with E-state index in [4.69, 9.17) is 5.11 Å². The first kappa shape index (κ1) is 17.8. The number of carboxylic acids is 1. The Morgan fingerprint density at radius 2 is 2.04 bits per heavy atom. The summed E-state index contributed by atoms with van der Waals surface area (Å²) >= 11 is 1.81. The van der Waals surface area contributed by atoms with E-state index in [1.807, 2.05) is 43.0 Å². The average molecular weight is 370 g/mol. The maximum absolute atomic E-state index is 12.5. The lowest BCUT2D eigenvalue weighted by atomic mass is 9.70. The van der Waals surface area contributed by atoms with Crippen LogP contribution < -0.4 is 4.72 Å². The van der Waals surface area contributed by atoms with E-state index in [1.54, 1.807) is 0 Å². The van der Waals surface area contributed by atoms with Gasteiger partial charge in [0.05, 0.1) is 11.7 Å². The second-order valence-electron chi connectivity index (χ2n) is 6.97. The minimum atomic E-state index is -3.40. The second-order valence-corrected chi connectivity index (χ2v) is 10.3. The summed E-state index contributed by atoms with van der Waals surface area (Å²) in [4.78, 5) is 11.0. The molecule has 5 nitrogen and oxygen atoms in total. The van der Waals surface area contributed by atoms with Crippen molar-refractivity contribution in [1.82, 2.24) is 4.72 Å². The fourth-order valence-corrected chi connectivity index (χ4v) is 7.02. The van der Waals surface area contributed by atoms with E-state index >= 15 is 0 Å². The zero-order valence-electron chi connectivity index (χ0n) is 13.7. The molecule has 1 saturated carbocycles. The van der Waals surface area contributed by atoms with Gasteiger partial charge in [-0.05, 0) is 49.5 Å². The lowest BCUT2D eigenvalue weighted by Gasteiger charge is -2.50. The number of hydrogen-bond acceptors (Lipinski definition) is 4. The van der Waals surface area contributed by atoms with E-state index in [1.165, 1.54) is 0 Å². The van der Waals surface area contributed by atoms with Crippen LogP contribution in [0.1, 0.15) is 36.8 Å². The first-order valence-electron chi connectivity index (χ1n) is 8.20. The molecule has 2 fully saturated rings. The predicted octanol–water partition coefficient (Wildman–Crippen LogP) is 2.54. The Morgan fingerprint density at radius 1 is 1.33 bits per heavy atom. The van der Waals surface area contributed by atoms with E-state index in [0.717, 1.165) is 29.7 Å². The number of aryl methyl sites for hydroxylation is 1. The quantitative estimate of drug-likeness (QED) is 0.833. The average Bonchev–Trinajstić information content (AvgIpc) is 2.46. The number of nitrogens with one attached hydrogen (secondary N) is 1. The van der Waals surface area contributed by atoms with Crippen LogP contribution in [-0.4, -0.2) is 36.0 Å². The predicted molar refractivity (Wildman–Crippen MR) is 95.5 cm³/mol. The highest BCUT2D eigenvalue weighted by Crippen LogP contribution is 2.53. The van der Waals surface area contributed by atoms with E-state index in [2.05, 4.69) is 4.72 Å². The summed E-state index contributed by atoms with van der Waals surface area (Å²) in [5, 5.41) is 9.07. The van der Waals surface area contributed by atoms with Gasteiger partial charge in [-0.1, -0.05) is 24.3 Å². The number of benzene rings is 1. The summed E-state index contributed by atoms with van der Waals surface area (Å²) in [5.41, 5.74) is 1.79. The van der Waals surface area contributed by atoms with Gasteiger partial charge in [0.15, 0.2) is 0 Å². The molecule has 24 heavy (non-hydrogen) atoms. The maximum Gasteiger partial charge on any atom is 0.306 e. The highest BCUT2D eigenvalue weighted by atomic mass is 32.2. The lowest BCUT2D eigenvalue weighted by Crippen LogP contribution is -2.52. The Morgan fingerprint density at radius 3 is 2.71 bits per heavy atom. The van der Waals surface area contributed by atoms with E-state index < -0.39 is 16.0 Å². The third-order valence-corrected chi connectivity index (χ3v) is 7.97. The summed E-state index contributed by atoms with van der Waals surface area (Å²) in [6.45, 7) is 1.91. The Balaban J connectivity index is 1.61. The number of carboxylic acid groups (broad SMARTS) is 1. The molecule has 1 saturated heterocycles. The number of thioether (sulfide) groups is 1. The molecule has 1 aromatic rings. The Kier molecular flexibility index (Phi) is 4.95. The summed E-state index contributed by atoms with van der Waals surface area (Å²) in [6.07, 6.45) is 2.84. The summed E-state index contributed by atoms with van der Waals surface area (Å²) in [7, 11) is -3.40. The third-order valence-electron chi connectivity index (χ3n) is 5.03. The normalized spacial score (nSPS) is 30.0. The molecule has 1 spiro atoms. The molecule has 1 heterocycles. The van der Waals surface area contributed by atoms with Crippen molar-refractivity contribution < 1.29 is 18.3 Å². The molecule has 1 aliphatic carbocycles. The number of aliphatic carboxylic acids is 1. The van der Waals surface area contributed by atoms with Crippen molar-refractivity contribution in [2.75, 3.05) is 5.75 Å². The van der Waals surface area contributed by atoms with Crippen molar-refractivity contribution >= 4 is 27.8 Å². The van der Waals surface area contributed by atoms with Crippen LogP contribution in [0.3, 0.4) is 0 Å². The number of rotatable bonds is 5. The van der Waals surface area contributed by atoms with Gasteiger partial charge < -0.3 is 5.11 Å². The van der Waals surface area contributed by atoms with Gasteiger partial charge in [-0.3, -0.25) is 4.79 Å². The third kappa shape index (κ3) is 3.95. The van der Waals surface area contributed by atoms with Gasteiger partial charge in [-0.2, -0.15) is 11.8 Å². The van der Waals surface area contributed by atoms with Gasteiger partial charge in [-0.15, -0.1) is 0 Å².